The van der Waals surface area contributed by atoms with E-state index in [1.54, 1.807) is 0 Å². The van der Waals surface area contributed by atoms with E-state index < -0.39 is 16.7 Å². The molecule has 1 aromatic carbocycles. The Morgan fingerprint density at radius 2 is 2.25 bits per heavy atom. The van der Waals surface area contributed by atoms with Gasteiger partial charge in [0.05, 0.1) is 12.0 Å². The fourth-order valence-electron chi connectivity index (χ4n) is 1.21. The van der Waals surface area contributed by atoms with Gasteiger partial charge in [-0.05, 0) is 18.1 Å². The molecule has 0 bridgehead atoms. The molecule has 0 aromatic heterocycles. The minimum Gasteiger partial charge on any atom is -0.469 e. The van der Waals surface area contributed by atoms with Gasteiger partial charge in [-0.1, -0.05) is 0 Å². The van der Waals surface area contributed by atoms with Crippen LogP contribution in [-0.2, 0) is 16.0 Å². The van der Waals surface area contributed by atoms with Gasteiger partial charge in [-0.2, -0.15) is 0 Å². The quantitative estimate of drug-likeness (QED) is 0.447. The molecule has 86 valence electrons. The van der Waals surface area contributed by atoms with Crippen molar-refractivity contribution in [3.05, 3.63) is 39.7 Å². The summed E-state index contributed by atoms with van der Waals surface area (Å²) in [4.78, 5) is 20.7. The van der Waals surface area contributed by atoms with E-state index in [-0.39, 0.29) is 24.1 Å². The number of non-ortho nitro benzene ring substituents is 1. The molecule has 0 saturated carbocycles. The molecular formula is C10H10FNO4. The average Bonchev–Trinajstić information content (AvgIpc) is 2.27. The largest absolute Gasteiger partial charge is 0.469 e. The normalized spacial score (nSPS) is 9.88. The number of benzene rings is 1. The molecule has 1 rings (SSSR count). The van der Waals surface area contributed by atoms with Gasteiger partial charge in [0.2, 0.25) is 0 Å². The Morgan fingerprint density at radius 1 is 1.56 bits per heavy atom. The average molecular weight is 227 g/mol. The molecule has 0 aliphatic heterocycles. The Morgan fingerprint density at radius 3 is 2.81 bits per heavy atom. The molecule has 0 amide bonds. The number of aryl methyl sites for hydroxylation is 1. The Hall–Kier alpha value is -1.98. The van der Waals surface area contributed by atoms with Crippen LogP contribution in [0.3, 0.4) is 0 Å². The van der Waals surface area contributed by atoms with E-state index in [4.69, 9.17) is 0 Å². The van der Waals surface area contributed by atoms with Crippen molar-refractivity contribution >= 4 is 11.7 Å². The molecule has 0 heterocycles. The van der Waals surface area contributed by atoms with E-state index in [1.165, 1.54) is 7.11 Å². The van der Waals surface area contributed by atoms with Crippen LogP contribution in [0.2, 0.25) is 0 Å². The zero-order valence-electron chi connectivity index (χ0n) is 8.60. The minimum absolute atomic E-state index is 0.00537. The van der Waals surface area contributed by atoms with Crippen molar-refractivity contribution < 1.29 is 18.8 Å². The molecule has 1 aromatic rings. The van der Waals surface area contributed by atoms with Crippen molar-refractivity contribution in [2.24, 2.45) is 0 Å². The SMILES string of the molecule is COC(=O)CCc1cc([N+](=O)[O-])ccc1F. The highest BCUT2D eigenvalue weighted by atomic mass is 19.1. The number of halogens is 1. The standard InChI is InChI=1S/C10H10FNO4/c1-16-10(13)5-2-7-6-8(12(14)15)3-4-9(7)11/h3-4,6H,2,5H2,1H3. The highest BCUT2D eigenvalue weighted by molar-refractivity contribution is 5.69. The molecule has 0 unspecified atom stereocenters. The number of nitrogens with zero attached hydrogens (tertiary/aromatic N) is 1. The Kier molecular flexibility index (Phi) is 3.93. The van der Waals surface area contributed by atoms with E-state index in [1.807, 2.05) is 0 Å². The molecule has 0 saturated heterocycles. The molecule has 5 nitrogen and oxygen atoms in total. The van der Waals surface area contributed by atoms with Gasteiger partial charge in [-0.15, -0.1) is 0 Å². The predicted octanol–water partition coefficient (Wildman–Crippen LogP) is 1.84. The molecular weight excluding hydrogens is 217 g/mol. The lowest BCUT2D eigenvalue weighted by molar-refractivity contribution is -0.385. The Labute approximate surface area is 91.0 Å². The van der Waals surface area contributed by atoms with Crippen LogP contribution in [-0.4, -0.2) is 18.0 Å². The van der Waals surface area contributed by atoms with Gasteiger partial charge in [0.15, 0.2) is 0 Å². The zero-order valence-corrected chi connectivity index (χ0v) is 8.60. The lowest BCUT2D eigenvalue weighted by atomic mass is 10.1. The lowest BCUT2D eigenvalue weighted by Crippen LogP contribution is -2.03. The van der Waals surface area contributed by atoms with Crippen molar-refractivity contribution in [2.75, 3.05) is 7.11 Å². The monoisotopic (exact) mass is 227 g/mol. The van der Waals surface area contributed by atoms with Gasteiger partial charge in [-0.3, -0.25) is 14.9 Å². The first-order chi connectivity index (χ1) is 7.54. The highest BCUT2D eigenvalue weighted by Crippen LogP contribution is 2.18. The summed E-state index contributed by atoms with van der Waals surface area (Å²) in [5.41, 5.74) is -0.0548. The molecule has 0 aliphatic rings. The Balaban J connectivity index is 2.82. The van der Waals surface area contributed by atoms with Gasteiger partial charge in [0.1, 0.15) is 5.82 Å². The van der Waals surface area contributed by atoms with Crippen LogP contribution in [0.5, 0.6) is 0 Å². The van der Waals surface area contributed by atoms with Gasteiger partial charge >= 0.3 is 5.97 Å². The summed E-state index contributed by atoms with van der Waals surface area (Å²) in [6.07, 6.45) is 0.0781. The van der Waals surface area contributed by atoms with Crippen LogP contribution in [0.4, 0.5) is 10.1 Å². The fraction of sp³-hybridized carbons (Fsp3) is 0.300. The second-order valence-corrected chi connectivity index (χ2v) is 3.11. The maximum atomic E-state index is 13.2. The second-order valence-electron chi connectivity index (χ2n) is 3.11. The van der Waals surface area contributed by atoms with Crippen LogP contribution in [0, 0.1) is 15.9 Å². The van der Waals surface area contributed by atoms with Crippen molar-refractivity contribution in [2.45, 2.75) is 12.8 Å². The van der Waals surface area contributed by atoms with Crippen LogP contribution >= 0.6 is 0 Å². The first-order valence-corrected chi connectivity index (χ1v) is 4.54. The number of hydrogen-bond donors (Lipinski definition) is 0. The summed E-state index contributed by atoms with van der Waals surface area (Å²) in [6, 6.07) is 3.22. The van der Waals surface area contributed by atoms with Crippen LogP contribution in [0.1, 0.15) is 12.0 Å². The molecule has 0 atom stereocenters. The van der Waals surface area contributed by atoms with Crippen molar-refractivity contribution in [1.82, 2.24) is 0 Å². The second kappa shape index (κ2) is 5.20. The first-order valence-electron chi connectivity index (χ1n) is 4.54. The summed E-state index contributed by atoms with van der Waals surface area (Å²) < 4.78 is 17.6. The molecule has 0 aliphatic carbocycles. The van der Waals surface area contributed by atoms with E-state index in [0.717, 1.165) is 18.2 Å². The van der Waals surface area contributed by atoms with E-state index >= 15 is 0 Å². The number of methoxy groups -OCH3 is 1. The van der Waals surface area contributed by atoms with Crippen LogP contribution in [0.15, 0.2) is 18.2 Å². The van der Waals surface area contributed by atoms with Crippen molar-refractivity contribution in [3.8, 4) is 0 Å². The smallest absolute Gasteiger partial charge is 0.305 e. The van der Waals surface area contributed by atoms with Crippen LogP contribution < -0.4 is 0 Å². The first kappa shape index (κ1) is 12.1. The van der Waals surface area contributed by atoms with Crippen molar-refractivity contribution in [1.29, 1.82) is 0 Å². The van der Waals surface area contributed by atoms with E-state index in [9.17, 15) is 19.3 Å². The number of hydrogen-bond acceptors (Lipinski definition) is 4. The molecule has 0 radical (unpaired) electrons. The number of carbonyl (C=O) groups is 1. The number of rotatable bonds is 4. The fourth-order valence-corrected chi connectivity index (χ4v) is 1.21. The maximum absolute atomic E-state index is 13.2. The number of nitro groups is 1. The summed E-state index contributed by atoms with van der Waals surface area (Å²) in [7, 11) is 1.23. The zero-order chi connectivity index (χ0) is 12.1. The highest BCUT2D eigenvalue weighted by Gasteiger charge is 2.12. The van der Waals surface area contributed by atoms with Gasteiger partial charge in [0, 0.05) is 18.6 Å². The topological polar surface area (TPSA) is 69.4 Å². The van der Waals surface area contributed by atoms with E-state index in [2.05, 4.69) is 4.74 Å². The van der Waals surface area contributed by atoms with Gasteiger partial charge < -0.3 is 4.74 Å². The van der Waals surface area contributed by atoms with Gasteiger partial charge in [-0.25, -0.2) is 4.39 Å². The third-order valence-corrected chi connectivity index (χ3v) is 2.07. The number of esters is 1. The molecule has 16 heavy (non-hydrogen) atoms. The van der Waals surface area contributed by atoms with Crippen molar-refractivity contribution in [3.63, 3.8) is 0 Å². The number of carbonyl (C=O) groups excluding carboxylic acids is 1. The van der Waals surface area contributed by atoms with Gasteiger partial charge in [0.25, 0.3) is 5.69 Å². The predicted molar refractivity (Wildman–Crippen MR) is 53.4 cm³/mol. The third kappa shape index (κ3) is 3.01. The summed E-state index contributed by atoms with van der Waals surface area (Å²) in [5, 5.41) is 10.5. The van der Waals surface area contributed by atoms with E-state index in [0.29, 0.717) is 0 Å². The molecule has 0 fully saturated rings. The summed E-state index contributed by atoms with van der Waals surface area (Å²) in [6.45, 7) is 0. The Bertz CT molecular complexity index is 419. The number of nitro benzene ring substituents is 1. The minimum atomic E-state index is -0.610. The third-order valence-electron chi connectivity index (χ3n) is 2.07. The molecule has 0 N–H and O–H groups in total. The summed E-state index contributed by atoms with van der Waals surface area (Å²) in [5.74, 6) is -1.04. The lowest BCUT2D eigenvalue weighted by Gasteiger charge is -2.02. The number of ether oxygens (including phenoxy) is 1. The van der Waals surface area contributed by atoms with Crippen LogP contribution in [0.25, 0.3) is 0 Å². The summed E-state index contributed by atoms with van der Waals surface area (Å²) >= 11 is 0. The molecule has 6 heteroatoms. The maximum Gasteiger partial charge on any atom is 0.305 e. The molecule has 0 spiro atoms.